The molecule has 0 aromatic heterocycles. The lowest BCUT2D eigenvalue weighted by Crippen LogP contribution is -2.03. The van der Waals surface area contributed by atoms with Crippen molar-refractivity contribution in [3.63, 3.8) is 0 Å². The maximum atomic E-state index is 13.1. The molecule has 0 heterocycles. The number of carboxylic acid groups (broad SMARTS) is 2. The maximum absolute atomic E-state index is 13.1. The Hall–Kier alpha value is -2.63. The number of hydrogen-bond donors (Lipinski definition) is 3. The van der Waals surface area contributed by atoms with Crippen molar-refractivity contribution < 1.29 is 24.2 Å². The predicted octanol–water partition coefficient (Wildman–Crippen LogP) is 2.46. The molecule has 106 valence electrons. The monoisotopic (exact) mass is 279 g/mol. The van der Waals surface area contributed by atoms with Gasteiger partial charge in [-0.25, -0.2) is 14.0 Å². The Morgan fingerprint density at radius 2 is 1.70 bits per heavy atom. The van der Waals surface area contributed by atoms with Crippen LogP contribution < -0.4 is 5.32 Å². The van der Waals surface area contributed by atoms with Crippen molar-refractivity contribution in [1.29, 1.82) is 0 Å². The van der Waals surface area contributed by atoms with Crippen LogP contribution >= 0.6 is 0 Å². The van der Waals surface area contributed by atoms with Crippen molar-refractivity contribution in [2.75, 3.05) is 5.32 Å². The van der Waals surface area contributed by atoms with Gasteiger partial charge in [-0.1, -0.05) is 0 Å². The van der Waals surface area contributed by atoms with E-state index in [0.717, 1.165) is 18.4 Å². The van der Waals surface area contributed by atoms with Gasteiger partial charge in [0.1, 0.15) is 5.82 Å². The summed E-state index contributed by atoms with van der Waals surface area (Å²) >= 11 is 0. The van der Waals surface area contributed by atoms with Gasteiger partial charge < -0.3 is 15.5 Å². The second-order valence-electron chi connectivity index (χ2n) is 4.14. The van der Waals surface area contributed by atoms with Crippen molar-refractivity contribution in [2.24, 2.45) is 0 Å². The third kappa shape index (κ3) is 4.24. The van der Waals surface area contributed by atoms with E-state index in [4.69, 9.17) is 10.2 Å². The minimum absolute atomic E-state index is 0.226. The SMILES string of the molecule is Cc1cc(F)cc(C)c1NC=C(C=CC(=O)O)C(=O)O. The van der Waals surface area contributed by atoms with Crippen LogP contribution in [-0.2, 0) is 9.59 Å². The lowest BCUT2D eigenvalue weighted by atomic mass is 10.1. The number of aliphatic carboxylic acids is 2. The van der Waals surface area contributed by atoms with Crippen molar-refractivity contribution in [2.45, 2.75) is 13.8 Å². The molecule has 0 aliphatic carbocycles. The summed E-state index contributed by atoms with van der Waals surface area (Å²) in [6.07, 6.45) is 2.85. The van der Waals surface area contributed by atoms with E-state index in [1.807, 2.05) is 0 Å². The molecule has 6 heteroatoms. The zero-order chi connectivity index (χ0) is 15.3. The molecule has 0 spiro atoms. The van der Waals surface area contributed by atoms with Gasteiger partial charge in [0.15, 0.2) is 0 Å². The number of halogens is 1. The van der Waals surface area contributed by atoms with Gasteiger partial charge in [-0.05, 0) is 43.2 Å². The highest BCUT2D eigenvalue weighted by molar-refractivity contribution is 5.92. The second-order valence-corrected chi connectivity index (χ2v) is 4.14. The molecule has 1 aromatic rings. The average Bonchev–Trinajstić information content (AvgIpc) is 2.30. The molecule has 0 radical (unpaired) electrons. The first kappa shape index (κ1) is 15.4. The van der Waals surface area contributed by atoms with Crippen molar-refractivity contribution in [3.8, 4) is 0 Å². The number of aryl methyl sites for hydroxylation is 2. The maximum Gasteiger partial charge on any atom is 0.337 e. The molecule has 0 saturated heterocycles. The number of rotatable bonds is 5. The third-order valence-electron chi connectivity index (χ3n) is 2.52. The Balaban J connectivity index is 3.05. The molecule has 0 amide bonds. The highest BCUT2D eigenvalue weighted by Gasteiger charge is 2.07. The van der Waals surface area contributed by atoms with Gasteiger partial charge in [-0.3, -0.25) is 0 Å². The topological polar surface area (TPSA) is 86.6 Å². The normalized spacial score (nSPS) is 11.7. The Kier molecular flexibility index (Phi) is 5.02. The molecule has 0 unspecified atom stereocenters. The van der Waals surface area contributed by atoms with E-state index in [-0.39, 0.29) is 11.4 Å². The summed E-state index contributed by atoms with van der Waals surface area (Å²) in [5, 5.41) is 20.2. The lowest BCUT2D eigenvalue weighted by molar-refractivity contribution is -0.132. The Bertz CT molecular complexity index is 582. The number of anilines is 1. The van der Waals surface area contributed by atoms with Crippen LogP contribution in [0.3, 0.4) is 0 Å². The second kappa shape index (κ2) is 6.51. The molecule has 1 rings (SSSR count). The van der Waals surface area contributed by atoms with Gasteiger partial charge in [0.25, 0.3) is 0 Å². The summed E-state index contributed by atoms with van der Waals surface area (Å²) in [6.45, 7) is 3.36. The van der Waals surface area contributed by atoms with Gasteiger partial charge >= 0.3 is 11.9 Å². The van der Waals surface area contributed by atoms with Crippen molar-refractivity contribution in [1.82, 2.24) is 0 Å². The third-order valence-corrected chi connectivity index (χ3v) is 2.52. The molecule has 0 fully saturated rings. The molecule has 0 atom stereocenters. The van der Waals surface area contributed by atoms with Crippen molar-refractivity contribution >= 4 is 17.6 Å². The van der Waals surface area contributed by atoms with Crippen LogP contribution in [0.25, 0.3) is 0 Å². The average molecular weight is 279 g/mol. The van der Waals surface area contributed by atoms with Crippen LogP contribution in [0.15, 0.2) is 36.1 Å². The van der Waals surface area contributed by atoms with Gasteiger partial charge in [-0.2, -0.15) is 0 Å². The van der Waals surface area contributed by atoms with Crippen LogP contribution in [0, 0.1) is 19.7 Å². The van der Waals surface area contributed by atoms with Gasteiger partial charge in [0.05, 0.1) is 5.57 Å². The molecule has 3 N–H and O–H groups in total. The number of benzene rings is 1. The first-order chi connectivity index (χ1) is 9.31. The summed E-state index contributed by atoms with van der Waals surface area (Å²) < 4.78 is 13.1. The Morgan fingerprint density at radius 3 is 2.15 bits per heavy atom. The summed E-state index contributed by atoms with van der Waals surface area (Å²) in [5.74, 6) is -2.89. The molecule has 0 saturated carbocycles. The smallest absolute Gasteiger partial charge is 0.337 e. The predicted molar refractivity (Wildman–Crippen MR) is 72.0 cm³/mol. The first-order valence-electron chi connectivity index (χ1n) is 5.69. The molecular formula is C14H14FNO4. The number of hydrogen-bond acceptors (Lipinski definition) is 3. The van der Waals surface area contributed by atoms with Crippen LogP contribution in [-0.4, -0.2) is 22.2 Å². The zero-order valence-corrected chi connectivity index (χ0v) is 11.0. The van der Waals surface area contributed by atoms with Crippen LogP contribution in [0.4, 0.5) is 10.1 Å². The van der Waals surface area contributed by atoms with Crippen LogP contribution in [0.5, 0.6) is 0 Å². The number of nitrogens with one attached hydrogen (secondary N) is 1. The summed E-state index contributed by atoms with van der Waals surface area (Å²) in [7, 11) is 0. The minimum atomic E-state index is -1.27. The number of carbonyl (C=O) groups is 2. The summed E-state index contributed by atoms with van der Waals surface area (Å²) in [4.78, 5) is 21.3. The molecule has 5 nitrogen and oxygen atoms in total. The van der Waals surface area contributed by atoms with E-state index in [2.05, 4.69) is 5.32 Å². The van der Waals surface area contributed by atoms with E-state index < -0.39 is 11.9 Å². The zero-order valence-electron chi connectivity index (χ0n) is 11.0. The minimum Gasteiger partial charge on any atom is -0.478 e. The molecular weight excluding hydrogens is 265 g/mol. The summed E-state index contributed by atoms with van der Waals surface area (Å²) in [6, 6.07) is 2.63. The standard InChI is InChI=1S/C14H14FNO4/c1-8-5-11(15)6-9(2)13(8)16-7-10(14(19)20)3-4-12(17)18/h3-7,16H,1-2H3,(H,17,18)(H,19,20). The van der Waals surface area contributed by atoms with E-state index in [9.17, 15) is 14.0 Å². The van der Waals surface area contributed by atoms with E-state index >= 15 is 0 Å². The quantitative estimate of drug-likeness (QED) is 0.569. The molecule has 0 aliphatic rings. The summed E-state index contributed by atoms with van der Waals surface area (Å²) in [5.41, 5.74) is 1.58. The van der Waals surface area contributed by atoms with Gasteiger partial charge in [0, 0.05) is 18.0 Å². The van der Waals surface area contributed by atoms with Gasteiger partial charge in [0.2, 0.25) is 0 Å². The molecule has 0 aliphatic heterocycles. The largest absolute Gasteiger partial charge is 0.478 e. The Morgan fingerprint density at radius 1 is 1.15 bits per heavy atom. The van der Waals surface area contributed by atoms with E-state index in [0.29, 0.717) is 16.8 Å². The lowest BCUT2D eigenvalue weighted by Gasteiger charge is -2.10. The van der Waals surface area contributed by atoms with Crippen molar-refractivity contribution in [3.05, 3.63) is 53.0 Å². The van der Waals surface area contributed by atoms with Crippen LogP contribution in [0.2, 0.25) is 0 Å². The first-order valence-corrected chi connectivity index (χ1v) is 5.69. The van der Waals surface area contributed by atoms with Gasteiger partial charge in [-0.15, -0.1) is 0 Å². The molecule has 1 aromatic carbocycles. The number of carboxylic acids is 2. The highest BCUT2D eigenvalue weighted by atomic mass is 19.1. The molecule has 20 heavy (non-hydrogen) atoms. The highest BCUT2D eigenvalue weighted by Crippen LogP contribution is 2.21. The van der Waals surface area contributed by atoms with E-state index in [1.54, 1.807) is 13.8 Å². The van der Waals surface area contributed by atoms with Crippen LogP contribution in [0.1, 0.15) is 11.1 Å². The van der Waals surface area contributed by atoms with E-state index in [1.165, 1.54) is 12.1 Å². The Labute approximate surface area is 115 Å². The fourth-order valence-corrected chi connectivity index (χ4v) is 1.63. The fraction of sp³-hybridized carbons (Fsp3) is 0.143. The fourth-order valence-electron chi connectivity index (χ4n) is 1.63. The molecule has 0 bridgehead atoms.